The van der Waals surface area contributed by atoms with Crippen LogP contribution < -0.4 is 5.32 Å². The lowest BCUT2D eigenvalue weighted by Gasteiger charge is -2.14. The standard InChI is InChI=1S/C20H21N3O3/c1-13(2)8-10-23-19(25)16-7-6-14(11-17(16)20(23)26)18(24)22-12-15-5-3-4-9-21-15/h3-7,9,11,13H,8,10,12H2,1-2H3,(H,22,24). The van der Waals surface area contributed by atoms with Gasteiger partial charge in [-0.1, -0.05) is 19.9 Å². The van der Waals surface area contributed by atoms with Gasteiger partial charge in [0.1, 0.15) is 0 Å². The van der Waals surface area contributed by atoms with Crippen molar-refractivity contribution in [3.05, 3.63) is 65.0 Å². The summed E-state index contributed by atoms with van der Waals surface area (Å²) in [4.78, 5) is 42.7. The fourth-order valence-corrected chi connectivity index (χ4v) is 2.80. The predicted molar refractivity (Wildman–Crippen MR) is 96.7 cm³/mol. The minimum absolute atomic E-state index is 0.286. The maximum absolute atomic E-state index is 12.5. The molecule has 1 aromatic heterocycles. The third kappa shape index (κ3) is 3.64. The topological polar surface area (TPSA) is 79.4 Å². The van der Waals surface area contributed by atoms with Crippen LogP contribution in [0.1, 0.15) is 57.0 Å². The molecular weight excluding hydrogens is 330 g/mol. The van der Waals surface area contributed by atoms with Gasteiger partial charge in [0.15, 0.2) is 0 Å². The first kappa shape index (κ1) is 17.8. The van der Waals surface area contributed by atoms with Crippen molar-refractivity contribution in [2.45, 2.75) is 26.8 Å². The van der Waals surface area contributed by atoms with Gasteiger partial charge in [-0.05, 0) is 42.7 Å². The van der Waals surface area contributed by atoms with Crippen molar-refractivity contribution in [1.82, 2.24) is 15.2 Å². The van der Waals surface area contributed by atoms with E-state index in [-0.39, 0.29) is 17.7 Å². The molecule has 134 valence electrons. The Morgan fingerprint density at radius 2 is 1.88 bits per heavy atom. The van der Waals surface area contributed by atoms with E-state index in [9.17, 15) is 14.4 Å². The average molecular weight is 351 g/mol. The summed E-state index contributed by atoms with van der Waals surface area (Å²) in [5.74, 6) is -0.525. The lowest BCUT2D eigenvalue weighted by molar-refractivity contribution is 0.0647. The molecule has 0 fully saturated rings. The van der Waals surface area contributed by atoms with E-state index in [4.69, 9.17) is 0 Å². The molecule has 0 spiro atoms. The van der Waals surface area contributed by atoms with E-state index >= 15 is 0 Å². The van der Waals surface area contributed by atoms with Gasteiger partial charge in [-0.15, -0.1) is 0 Å². The number of aromatic nitrogens is 1. The van der Waals surface area contributed by atoms with Crippen LogP contribution >= 0.6 is 0 Å². The van der Waals surface area contributed by atoms with Crippen molar-refractivity contribution in [3.63, 3.8) is 0 Å². The lowest BCUT2D eigenvalue weighted by atomic mass is 10.1. The maximum Gasteiger partial charge on any atom is 0.261 e. The fraction of sp³-hybridized carbons (Fsp3) is 0.300. The van der Waals surface area contributed by atoms with Crippen LogP contribution in [0.2, 0.25) is 0 Å². The number of carbonyl (C=O) groups is 3. The second-order valence-corrected chi connectivity index (χ2v) is 6.71. The largest absolute Gasteiger partial charge is 0.346 e. The van der Waals surface area contributed by atoms with Crippen LogP contribution in [0.25, 0.3) is 0 Å². The lowest BCUT2D eigenvalue weighted by Crippen LogP contribution is -2.31. The summed E-state index contributed by atoms with van der Waals surface area (Å²) < 4.78 is 0. The van der Waals surface area contributed by atoms with E-state index in [1.165, 1.54) is 11.0 Å². The number of nitrogens with zero attached hydrogens (tertiary/aromatic N) is 2. The molecule has 0 saturated carbocycles. The number of carbonyl (C=O) groups excluding carboxylic acids is 3. The minimum Gasteiger partial charge on any atom is -0.346 e. The van der Waals surface area contributed by atoms with Gasteiger partial charge in [-0.3, -0.25) is 24.3 Å². The summed E-state index contributed by atoms with van der Waals surface area (Å²) >= 11 is 0. The van der Waals surface area contributed by atoms with Gasteiger partial charge in [0.05, 0.1) is 23.4 Å². The number of benzene rings is 1. The molecule has 0 aliphatic carbocycles. The first-order chi connectivity index (χ1) is 12.5. The quantitative estimate of drug-likeness (QED) is 0.812. The molecule has 1 N–H and O–H groups in total. The Labute approximate surface area is 152 Å². The van der Waals surface area contributed by atoms with Crippen molar-refractivity contribution in [3.8, 4) is 0 Å². The van der Waals surface area contributed by atoms with Crippen LogP contribution in [-0.4, -0.2) is 34.2 Å². The molecule has 0 bridgehead atoms. The van der Waals surface area contributed by atoms with Crippen LogP contribution in [0.5, 0.6) is 0 Å². The summed E-state index contributed by atoms with van der Waals surface area (Å²) in [5.41, 5.74) is 1.75. The van der Waals surface area contributed by atoms with Crippen LogP contribution in [-0.2, 0) is 6.54 Å². The summed E-state index contributed by atoms with van der Waals surface area (Å²) in [6.07, 6.45) is 2.41. The zero-order valence-electron chi connectivity index (χ0n) is 14.9. The summed E-state index contributed by atoms with van der Waals surface area (Å²) in [6, 6.07) is 10.1. The average Bonchev–Trinajstić information content (AvgIpc) is 2.89. The zero-order valence-corrected chi connectivity index (χ0v) is 14.9. The highest BCUT2D eigenvalue weighted by Gasteiger charge is 2.35. The van der Waals surface area contributed by atoms with Crippen molar-refractivity contribution in [2.75, 3.05) is 6.54 Å². The Kier molecular flexibility index (Phi) is 5.11. The number of rotatable bonds is 6. The second-order valence-electron chi connectivity index (χ2n) is 6.71. The number of nitrogens with one attached hydrogen (secondary N) is 1. The van der Waals surface area contributed by atoms with Crippen molar-refractivity contribution < 1.29 is 14.4 Å². The smallest absolute Gasteiger partial charge is 0.261 e. The van der Waals surface area contributed by atoms with E-state index in [1.807, 2.05) is 26.0 Å². The molecule has 0 unspecified atom stereocenters. The van der Waals surface area contributed by atoms with Crippen molar-refractivity contribution in [2.24, 2.45) is 5.92 Å². The summed E-state index contributed by atoms with van der Waals surface area (Å²) in [5, 5.41) is 2.77. The summed E-state index contributed by atoms with van der Waals surface area (Å²) in [6.45, 7) is 4.78. The van der Waals surface area contributed by atoms with E-state index in [0.717, 1.165) is 12.1 Å². The normalized spacial score (nSPS) is 13.3. The van der Waals surface area contributed by atoms with Gasteiger partial charge in [-0.25, -0.2) is 0 Å². The monoisotopic (exact) mass is 351 g/mol. The first-order valence-electron chi connectivity index (χ1n) is 8.65. The predicted octanol–water partition coefficient (Wildman–Crippen LogP) is 2.65. The van der Waals surface area contributed by atoms with E-state index in [0.29, 0.717) is 35.7 Å². The Morgan fingerprint density at radius 3 is 2.58 bits per heavy atom. The molecule has 0 atom stereocenters. The molecule has 3 rings (SSSR count). The van der Waals surface area contributed by atoms with Gasteiger partial charge in [0, 0.05) is 18.3 Å². The SMILES string of the molecule is CC(C)CCN1C(=O)c2ccc(C(=O)NCc3ccccn3)cc2C1=O. The van der Waals surface area contributed by atoms with E-state index in [2.05, 4.69) is 10.3 Å². The van der Waals surface area contributed by atoms with Gasteiger partial charge >= 0.3 is 0 Å². The number of hydrogen-bond acceptors (Lipinski definition) is 4. The molecule has 26 heavy (non-hydrogen) atoms. The van der Waals surface area contributed by atoms with Gasteiger partial charge in [0.25, 0.3) is 17.7 Å². The van der Waals surface area contributed by atoms with E-state index in [1.54, 1.807) is 24.4 Å². The molecule has 3 amide bonds. The fourth-order valence-electron chi connectivity index (χ4n) is 2.80. The number of hydrogen-bond donors (Lipinski definition) is 1. The highest BCUT2D eigenvalue weighted by atomic mass is 16.2. The van der Waals surface area contributed by atoms with Crippen LogP contribution in [0.4, 0.5) is 0 Å². The summed E-state index contributed by atoms with van der Waals surface area (Å²) in [7, 11) is 0. The molecule has 1 aliphatic rings. The van der Waals surface area contributed by atoms with Crippen LogP contribution in [0, 0.1) is 5.92 Å². The zero-order chi connectivity index (χ0) is 18.7. The Morgan fingerprint density at radius 1 is 1.12 bits per heavy atom. The second kappa shape index (κ2) is 7.47. The molecule has 2 aromatic rings. The van der Waals surface area contributed by atoms with Crippen molar-refractivity contribution in [1.29, 1.82) is 0 Å². The molecule has 1 aliphatic heterocycles. The first-order valence-corrected chi connectivity index (χ1v) is 8.65. The van der Waals surface area contributed by atoms with Gasteiger partial charge in [0.2, 0.25) is 0 Å². The van der Waals surface area contributed by atoms with Crippen LogP contribution in [0.3, 0.4) is 0 Å². The number of imide groups is 1. The van der Waals surface area contributed by atoms with Crippen molar-refractivity contribution >= 4 is 17.7 Å². The van der Waals surface area contributed by atoms with E-state index < -0.39 is 0 Å². The molecule has 6 heteroatoms. The number of amides is 3. The number of fused-ring (bicyclic) bond motifs is 1. The van der Waals surface area contributed by atoms with Gasteiger partial charge < -0.3 is 5.32 Å². The third-order valence-electron chi connectivity index (χ3n) is 4.32. The third-order valence-corrected chi connectivity index (χ3v) is 4.32. The minimum atomic E-state index is -0.329. The molecule has 1 aromatic carbocycles. The maximum atomic E-state index is 12.5. The molecule has 0 saturated heterocycles. The molecule has 6 nitrogen and oxygen atoms in total. The Bertz CT molecular complexity index is 847. The molecule has 0 radical (unpaired) electrons. The molecule has 2 heterocycles. The highest BCUT2D eigenvalue weighted by molar-refractivity contribution is 6.22. The molecular formula is C20H21N3O3. The van der Waals surface area contributed by atoms with Gasteiger partial charge in [-0.2, -0.15) is 0 Å². The van der Waals surface area contributed by atoms with Crippen LogP contribution in [0.15, 0.2) is 42.6 Å². The Balaban J connectivity index is 1.72. The Hall–Kier alpha value is -3.02. The number of pyridine rings is 1. The highest BCUT2D eigenvalue weighted by Crippen LogP contribution is 2.24.